The van der Waals surface area contributed by atoms with Gasteiger partial charge in [-0.1, -0.05) is 24.3 Å². The van der Waals surface area contributed by atoms with E-state index in [1.807, 2.05) is 24.1 Å². The number of nitrogens with zero attached hydrogens (tertiary/aromatic N) is 2. The van der Waals surface area contributed by atoms with Gasteiger partial charge in [0.15, 0.2) is 0 Å². The predicted molar refractivity (Wildman–Crippen MR) is 93.1 cm³/mol. The quantitative estimate of drug-likeness (QED) is 0.901. The minimum Gasteiger partial charge on any atom is -0.340 e. The zero-order chi connectivity index (χ0) is 15.4. The molecule has 1 fully saturated rings. The summed E-state index contributed by atoms with van der Waals surface area (Å²) in [6, 6.07) is 8.44. The monoisotopic (exact) mass is 325 g/mol. The lowest BCUT2D eigenvalue weighted by molar-refractivity contribution is -0.131. The second-order valence-corrected chi connectivity index (χ2v) is 6.32. The van der Waals surface area contributed by atoms with Crippen LogP contribution in [0.15, 0.2) is 24.3 Å². The Labute approximate surface area is 140 Å². The molecule has 22 heavy (non-hydrogen) atoms. The molecule has 124 valence electrons. The standard InChI is InChI=1S/C17H27N3O.ClH/c1-13-6-4-5-7-15(13)10-19(3)17(21)12-20-9-8-16(11-20)14(2)18;/h4-7,14,16H,8-12,18H2,1-3H3;1H. The van der Waals surface area contributed by atoms with Crippen LogP contribution < -0.4 is 5.73 Å². The van der Waals surface area contributed by atoms with Gasteiger partial charge >= 0.3 is 0 Å². The summed E-state index contributed by atoms with van der Waals surface area (Å²) >= 11 is 0. The van der Waals surface area contributed by atoms with Crippen LogP contribution in [0.2, 0.25) is 0 Å². The van der Waals surface area contributed by atoms with Crippen LogP contribution in [0.25, 0.3) is 0 Å². The third-order valence-electron chi connectivity index (χ3n) is 4.51. The van der Waals surface area contributed by atoms with Crippen LogP contribution in [0.3, 0.4) is 0 Å². The first-order chi connectivity index (χ1) is 9.97. The van der Waals surface area contributed by atoms with Crippen molar-refractivity contribution in [2.45, 2.75) is 32.9 Å². The maximum atomic E-state index is 12.3. The smallest absolute Gasteiger partial charge is 0.236 e. The molecule has 1 aliphatic rings. The van der Waals surface area contributed by atoms with Crippen LogP contribution in [0.5, 0.6) is 0 Å². The molecule has 1 aliphatic heterocycles. The minimum absolute atomic E-state index is 0. The van der Waals surface area contributed by atoms with Crippen molar-refractivity contribution in [2.75, 3.05) is 26.7 Å². The highest BCUT2D eigenvalue weighted by Crippen LogP contribution is 2.18. The summed E-state index contributed by atoms with van der Waals surface area (Å²) in [5.41, 5.74) is 8.39. The van der Waals surface area contributed by atoms with Crippen LogP contribution in [-0.2, 0) is 11.3 Å². The Balaban J connectivity index is 0.00000242. The Bertz CT molecular complexity index is 493. The van der Waals surface area contributed by atoms with E-state index in [0.717, 1.165) is 19.5 Å². The molecule has 0 saturated carbocycles. The van der Waals surface area contributed by atoms with Gasteiger partial charge in [-0.15, -0.1) is 12.4 Å². The summed E-state index contributed by atoms with van der Waals surface area (Å²) in [7, 11) is 1.88. The van der Waals surface area contributed by atoms with Gasteiger partial charge in [-0.25, -0.2) is 0 Å². The van der Waals surface area contributed by atoms with Gasteiger partial charge in [0.2, 0.25) is 5.91 Å². The maximum absolute atomic E-state index is 12.3. The largest absolute Gasteiger partial charge is 0.340 e. The number of hydrogen-bond acceptors (Lipinski definition) is 3. The van der Waals surface area contributed by atoms with Gasteiger partial charge < -0.3 is 10.6 Å². The number of halogens is 1. The van der Waals surface area contributed by atoms with E-state index in [-0.39, 0.29) is 24.4 Å². The van der Waals surface area contributed by atoms with E-state index in [0.29, 0.717) is 19.0 Å². The number of nitrogens with two attached hydrogens (primary N) is 1. The van der Waals surface area contributed by atoms with Crippen LogP contribution in [0, 0.1) is 12.8 Å². The predicted octanol–water partition coefficient (Wildman–Crippen LogP) is 2.04. The molecule has 1 saturated heterocycles. The number of carbonyl (C=O) groups is 1. The molecule has 2 N–H and O–H groups in total. The van der Waals surface area contributed by atoms with Crippen molar-refractivity contribution in [1.29, 1.82) is 0 Å². The molecule has 2 rings (SSSR count). The lowest BCUT2D eigenvalue weighted by Gasteiger charge is -2.23. The summed E-state index contributed by atoms with van der Waals surface area (Å²) in [6.07, 6.45) is 1.10. The number of rotatable bonds is 5. The normalized spacial score (nSPS) is 19.5. The summed E-state index contributed by atoms with van der Waals surface area (Å²) in [6.45, 7) is 7.25. The first kappa shape index (κ1) is 18.9. The minimum atomic E-state index is 0. The van der Waals surface area contributed by atoms with Gasteiger partial charge in [-0.3, -0.25) is 9.69 Å². The number of aryl methyl sites for hydroxylation is 1. The van der Waals surface area contributed by atoms with E-state index in [9.17, 15) is 4.79 Å². The number of benzene rings is 1. The molecular weight excluding hydrogens is 298 g/mol. The van der Waals surface area contributed by atoms with E-state index < -0.39 is 0 Å². The van der Waals surface area contributed by atoms with E-state index in [4.69, 9.17) is 5.73 Å². The molecule has 2 atom stereocenters. The Hall–Kier alpha value is -1.10. The molecule has 1 heterocycles. The molecule has 0 aromatic heterocycles. The highest BCUT2D eigenvalue weighted by Gasteiger charge is 2.27. The van der Waals surface area contributed by atoms with E-state index in [1.165, 1.54) is 11.1 Å². The second-order valence-electron chi connectivity index (χ2n) is 6.32. The Morgan fingerprint density at radius 2 is 2.14 bits per heavy atom. The van der Waals surface area contributed by atoms with Crippen molar-refractivity contribution in [2.24, 2.45) is 11.7 Å². The first-order valence-corrected chi connectivity index (χ1v) is 7.73. The van der Waals surface area contributed by atoms with Gasteiger partial charge in [0, 0.05) is 26.2 Å². The van der Waals surface area contributed by atoms with Crippen LogP contribution in [0.1, 0.15) is 24.5 Å². The maximum Gasteiger partial charge on any atom is 0.236 e. The van der Waals surface area contributed by atoms with Crippen LogP contribution >= 0.6 is 12.4 Å². The lowest BCUT2D eigenvalue weighted by Crippen LogP contribution is -2.38. The molecule has 0 spiro atoms. The van der Waals surface area contributed by atoms with Gasteiger partial charge in [0.1, 0.15) is 0 Å². The number of carbonyl (C=O) groups excluding carboxylic acids is 1. The SMILES string of the molecule is Cc1ccccc1CN(C)C(=O)CN1CCC(C(C)N)C1.Cl. The second kappa shape index (κ2) is 8.51. The Kier molecular flexibility index (Phi) is 7.33. The fourth-order valence-electron chi connectivity index (χ4n) is 2.88. The Morgan fingerprint density at radius 3 is 2.73 bits per heavy atom. The molecule has 4 nitrogen and oxygen atoms in total. The fourth-order valence-corrected chi connectivity index (χ4v) is 2.88. The van der Waals surface area contributed by atoms with Crippen molar-refractivity contribution < 1.29 is 4.79 Å². The average Bonchev–Trinajstić information content (AvgIpc) is 2.90. The summed E-state index contributed by atoms with van der Waals surface area (Å²) < 4.78 is 0. The van der Waals surface area contributed by atoms with E-state index >= 15 is 0 Å². The summed E-state index contributed by atoms with van der Waals surface area (Å²) in [4.78, 5) is 16.4. The molecule has 0 bridgehead atoms. The highest BCUT2D eigenvalue weighted by atomic mass is 35.5. The molecule has 0 radical (unpaired) electrons. The van der Waals surface area contributed by atoms with Crippen molar-refractivity contribution >= 4 is 18.3 Å². The Morgan fingerprint density at radius 1 is 1.45 bits per heavy atom. The van der Waals surface area contributed by atoms with Crippen LogP contribution in [-0.4, -0.2) is 48.4 Å². The third-order valence-corrected chi connectivity index (χ3v) is 4.51. The van der Waals surface area contributed by atoms with Crippen molar-refractivity contribution in [3.05, 3.63) is 35.4 Å². The molecule has 2 unspecified atom stereocenters. The third kappa shape index (κ3) is 4.97. The molecular formula is C17H28ClN3O. The molecule has 5 heteroatoms. The van der Waals surface area contributed by atoms with Gasteiger partial charge in [-0.05, 0) is 43.9 Å². The highest BCUT2D eigenvalue weighted by molar-refractivity contribution is 5.85. The number of likely N-dealkylation sites (tertiary alicyclic amines) is 1. The first-order valence-electron chi connectivity index (χ1n) is 7.73. The van der Waals surface area contributed by atoms with Crippen molar-refractivity contribution in [1.82, 2.24) is 9.80 Å². The van der Waals surface area contributed by atoms with Gasteiger partial charge in [-0.2, -0.15) is 0 Å². The van der Waals surface area contributed by atoms with Crippen molar-refractivity contribution in [3.63, 3.8) is 0 Å². The fraction of sp³-hybridized carbons (Fsp3) is 0.588. The number of hydrogen-bond donors (Lipinski definition) is 1. The van der Waals surface area contributed by atoms with Crippen LogP contribution in [0.4, 0.5) is 0 Å². The lowest BCUT2D eigenvalue weighted by atomic mass is 10.0. The zero-order valence-corrected chi connectivity index (χ0v) is 14.6. The summed E-state index contributed by atoms with van der Waals surface area (Å²) in [5, 5.41) is 0. The molecule has 0 aliphatic carbocycles. The number of likely N-dealkylation sites (N-methyl/N-ethyl adjacent to an activating group) is 1. The van der Waals surface area contributed by atoms with E-state index in [2.05, 4.69) is 30.9 Å². The molecule has 1 amide bonds. The van der Waals surface area contributed by atoms with Gasteiger partial charge in [0.05, 0.1) is 6.54 Å². The zero-order valence-electron chi connectivity index (χ0n) is 13.8. The molecule has 1 aromatic rings. The van der Waals surface area contributed by atoms with Gasteiger partial charge in [0.25, 0.3) is 0 Å². The van der Waals surface area contributed by atoms with E-state index in [1.54, 1.807) is 0 Å². The molecule has 1 aromatic carbocycles. The summed E-state index contributed by atoms with van der Waals surface area (Å²) in [5.74, 6) is 0.711. The average molecular weight is 326 g/mol. The van der Waals surface area contributed by atoms with Crippen molar-refractivity contribution in [3.8, 4) is 0 Å². The topological polar surface area (TPSA) is 49.6 Å². The number of amides is 1.